The minimum Gasteiger partial charge on any atom is -0.496 e. The van der Waals surface area contributed by atoms with Gasteiger partial charge in [-0.2, -0.15) is 0 Å². The number of esters is 1. The molecule has 3 aromatic rings. The number of fused-ring (bicyclic) bond motifs is 1. The number of ether oxygens (including phenoxy) is 2. The van der Waals surface area contributed by atoms with Crippen LogP contribution in [-0.4, -0.2) is 42.3 Å². The van der Waals surface area contributed by atoms with E-state index in [1.54, 1.807) is 45.2 Å². The molecule has 1 fully saturated rings. The van der Waals surface area contributed by atoms with Gasteiger partial charge in [0.2, 0.25) is 0 Å². The average molecular weight is 642 g/mol. The summed E-state index contributed by atoms with van der Waals surface area (Å²) in [6.07, 6.45) is 4.91. The van der Waals surface area contributed by atoms with Crippen LogP contribution in [0.15, 0.2) is 61.9 Å². The lowest BCUT2D eigenvalue weighted by atomic mass is 9.96. The summed E-state index contributed by atoms with van der Waals surface area (Å²) in [5.74, 6) is 0.0569. The number of allylic oxidation sites excluding steroid dienone is 1. The van der Waals surface area contributed by atoms with Crippen molar-refractivity contribution in [3.8, 4) is 5.75 Å². The minimum atomic E-state index is -0.790. The van der Waals surface area contributed by atoms with Crippen molar-refractivity contribution >= 4 is 50.7 Å². The summed E-state index contributed by atoms with van der Waals surface area (Å²) in [6.45, 7) is 5.30. The second-order valence-corrected chi connectivity index (χ2v) is 11.6. The molecule has 214 valence electrons. The van der Waals surface area contributed by atoms with Gasteiger partial charge in [0.05, 0.1) is 45.0 Å². The number of hydrogen-bond acceptors (Lipinski definition) is 9. The van der Waals surface area contributed by atoms with Gasteiger partial charge in [0, 0.05) is 36.5 Å². The van der Waals surface area contributed by atoms with E-state index in [9.17, 15) is 19.7 Å². The molecule has 1 atom stereocenters. The fourth-order valence-electron chi connectivity index (χ4n) is 5.29. The Kier molecular flexibility index (Phi) is 8.41. The first-order valence-electron chi connectivity index (χ1n) is 13.3. The molecule has 5 rings (SSSR count). The maximum atomic E-state index is 14.1. The van der Waals surface area contributed by atoms with Crippen LogP contribution in [0.2, 0.25) is 0 Å². The zero-order valence-electron chi connectivity index (χ0n) is 22.9. The molecule has 0 amide bonds. The lowest BCUT2D eigenvalue weighted by molar-refractivity contribution is -0.384. The van der Waals surface area contributed by atoms with Crippen molar-refractivity contribution in [2.45, 2.75) is 39.2 Å². The number of methoxy groups -OCH3 is 1. The number of aromatic nitrogens is 1. The summed E-state index contributed by atoms with van der Waals surface area (Å²) in [4.78, 5) is 45.7. The molecular formula is C29H29BrN4O6S. The van der Waals surface area contributed by atoms with Crippen molar-refractivity contribution in [1.29, 1.82) is 0 Å². The molecule has 2 aliphatic rings. The van der Waals surface area contributed by atoms with E-state index < -0.39 is 16.9 Å². The van der Waals surface area contributed by atoms with Gasteiger partial charge in [-0.25, -0.2) is 9.79 Å². The third-order valence-electron chi connectivity index (χ3n) is 7.21. The van der Waals surface area contributed by atoms with Gasteiger partial charge >= 0.3 is 5.97 Å². The molecule has 10 nitrogen and oxygen atoms in total. The monoisotopic (exact) mass is 640 g/mol. The summed E-state index contributed by atoms with van der Waals surface area (Å²) in [6, 6.07) is 9.36. The van der Waals surface area contributed by atoms with Crippen molar-refractivity contribution < 1.29 is 19.2 Å². The molecule has 1 aromatic heterocycles. The highest BCUT2D eigenvalue weighted by atomic mass is 79.9. The van der Waals surface area contributed by atoms with Crippen molar-refractivity contribution in [3.63, 3.8) is 0 Å². The number of nitro groups is 1. The first kappa shape index (κ1) is 28.7. The van der Waals surface area contributed by atoms with Crippen LogP contribution in [0.5, 0.6) is 5.75 Å². The van der Waals surface area contributed by atoms with Crippen LogP contribution >= 0.6 is 27.3 Å². The van der Waals surface area contributed by atoms with Gasteiger partial charge in [-0.3, -0.25) is 19.5 Å². The lowest BCUT2D eigenvalue weighted by Crippen LogP contribution is -2.40. The molecule has 41 heavy (non-hydrogen) atoms. The Hall–Kier alpha value is -3.77. The Balaban J connectivity index is 1.72. The Morgan fingerprint density at radius 1 is 1.22 bits per heavy atom. The van der Waals surface area contributed by atoms with E-state index in [4.69, 9.17) is 9.47 Å². The summed E-state index contributed by atoms with van der Waals surface area (Å²) in [7, 11) is 1.56. The van der Waals surface area contributed by atoms with E-state index in [0.717, 1.165) is 38.0 Å². The topological polar surface area (TPSA) is 116 Å². The third kappa shape index (κ3) is 5.58. The molecule has 12 heteroatoms. The van der Waals surface area contributed by atoms with Gasteiger partial charge in [-0.05, 0) is 78.9 Å². The predicted octanol–water partition coefficient (Wildman–Crippen LogP) is 4.47. The first-order valence-corrected chi connectivity index (χ1v) is 14.9. The van der Waals surface area contributed by atoms with E-state index in [0.29, 0.717) is 36.4 Å². The number of hydrogen-bond donors (Lipinski definition) is 0. The molecule has 0 spiro atoms. The number of halogens is 1. The maximum Gasteiger partial charge on any atom is 0.338 e. The molecule has 1 saturated heterocycles. The van der Waals surface area contributed by atoms with Gasteiger partial charge in [-0.1, -0.05) is 17.4 Å². The van der Waals surface area contributed by atoms with Crippen molar-refractivity contribution in [2.75, 3.05) is 31.7 Å². The smallest absolute Gasteiger partial charge is 0.338 e. The second kappa shape index (κ2) is 12.0. The number of benzene rings is 2. The number of nitro benzene ring substituents is 1. The summed E-state index contributed by atoms with van der Waals surface area (Å²) >= 11 is 4.70. The molecule has 0 aliphatic carbocycles. The van der Waals surface area contributed by atoms with Gasteiger partial charge in [0.15, 0.2) is 4.80 Å². The molecule has 0 unspecified atom stereocenters. The van der Waals surface area contributed by atoms with Crippen molar-refractivity contribution in [1.82, 2.24) is 4.57 Å². The fraction of sp³-hybridized carbons (Fsp3) is 0.345. The highest BCUT2D eigenvalue weighted by Gasteiger charge is 2.33. The Bertz CT molecular complexity index is 1740. The van der Waals surface area contributed by atoms with E-state index in [1.165, 1.54) is 28.0 Å². The number of anilines is 1. The highest BCUT2D eigenvalue weighted by molar-refractivity contribution is 9.10. The molecule has 0 radical (unpaired) electrons. The normalized spacial score (nSPS) is 17.2. The highest BCUT2D eigenvalue weighted by Crippen LogP contribution is 2.35. The van der Waals surface area contributed by atoms with Gasteiger partial charge in [0.25, 0.3) is 11.2 Å². The number of nitrogens with zero attached hydrogens (tertiary/aromatic N) is 4. The Morgan fingerprint density at radius 2 is 1.98 bits per heavy atom. The fourth-order valence-corrected chi connectivity index (χ4v) is 6.89. The number of thiazole rings is 1. The number of carbonyl (C=O) groups excluding carboxylic acids is 1. The first-order chi connectivity index (χ1) is 19.7. The van der Waals surface area contributed by atoms with E-state index >= 15 is 0 Å². The minimum absolute atomic E-state index is 0.0498. The van der Waals surface area contributed by atoms with Gasteiger partial charge < -0.3 is 14.4 Å². The Morgan fingerprint density at radius 3 is 2.63 bits per heavy atom. The van der Waals surface area contributed by atoms with Gasteiger partial charge in [0.1, 0.15) is 5.75 Å². The molecule has 0 N–H and O–H groups in total. The standard InChI is InChI=1S/C29H29BrN4O6S/c1-4-40-28(36)25-17(2)31-29-33(26(25)18-8-11-23(39-3)21(30)15-18)27(35)24(41-29)16-19-14-20(34(37)38)9-10-22(19)32-12-6-5-7-13-32/h8-11,14-16,26H,4-7,12-13H2,1-3H3/b24-16-/t26-/m0/s1. The Labute approximate surface area is 248 Å². The summed E-state index contributed by atoms with van der Waals surface area (Å²) in [5.41, 5.74) is 2.44. The molecule has 0 saturated carbocycles. The van der Waals surface area contributed by atoms with E-state index in [-0.39, 0.29) is 23.4 Å². The molecule has 3 heterocycles. The predicted molar refractivity (Wildman–Crippen MR) is 160 cm³/mol. The van der Waals surface area contributed by atoms with E-state index in [2.05, 4.69) is 25.8 Å². The number of piperidine rings is 1. The summed E-state index contributed by atoms with van der Waals surface area (Å²) < 4.78 is 13.3. The van der Waals surface area contributed by atoms with Crippen LogP contribution in [0.1, 0.15) is 50.3 Å². The van der Waals surface area contributed by atoms with Crippen LogP contribution in [0.3, 0.4) is 0 Å². The number of carbonyl (C=O) groups is 1. The second-order valence-electron chi connectivity index (χ2n) is 9.74. The summed E-state index contributed by atoms with van der Waals surface area (Å²) in [5, 5.41) is 11.6. The van der Waals surface area contributed by atoms with Crippen molar-refractivity contribution in [3.05, 3.63) is 93.1 Å². The molecule has 2 aliphatic heterocycles. The molecule has 2 aromatic carbocycles. The van der Waals surface area contributed by atoms with Crippen LogP contribution < -0.4 is 24.5 Å². The molecule has 0 bridgehead atoms. The van der Waals surface area contributed by atoms with Crippen LogP contribution in [0, 0.1) is 10.1 Å². The zero-order chi connectivity index (χ0) is 29.3. The van der Waals surface area contributed by atoms with E-state index in [1.807, 2.05) is 6.07 Å². The van der Waals surface area contributed by atoms with Crippen LogP contribution in [0.4, 0.5) is 11.4 Å². The zero-order valence-corrected chi connectivity index (χ0v) is 25.3. The quantitative estimate of drug-likeness (QED) is 0.213. The van der Waals surface area contributed by atoms with Crippen molar-refractivity contribution in [2.24, 2.45) is 4.99 Å². The number of non-ortho nitro benzene ring substituents is 1. The SMILES string of the molecule is CCOC(=O)C1=C(C)N=c2s/c(=C\c3cc([N+](=O)[O-])ccc3N3CCCCC3)c(=O)n2[C@H]1c1ccc(OC)c(Br)c1. The maximum absolute atomic E-state index is 14.1. The largest absolute Gasteiger partial charge is 0.496 e. The van der Waals surface area contributed by atoms with Gasteiger partial charge in [-0.15, -0.1) is 0 Å². The number of rotatable bonds is 7. The lowest BCUT2D eigenvalue weighted by Gasteiger charge is -2.30. The average Bonchev–Trinajstić information content (AvgIpc) is 3.26. The third-order valence-corrected chi connectivity index (χ3v) is 8.82. The molecular weight excluding hydrogens is 612 g/mol. The van der Waals surface area contributed by atoms with Crippen LogP contribution in [-0.2, 0) is 9.53 Å². The van der Waals surface area contributed by atoms with Crippen LogP contribution in [0.25, 0.3) is 6.08 Å².